The topological polar surface area (TPSA) is 83.8 Å². The number of nitrogens with zero attached hydrogens (tertiary/aromatic N) is 2. The molecule has 0 aliphatic rings. The summed E-state index contributed by atoms with van der Waals surface area (Å²) in [6, 6.07) is 10.8. The quantitative estimate of drug-likeness (QED) is 0.323. The Morgan fingerprint density at radius 3 is 2.86 bits per heavy atom. The Morgan fingerprint density at radius 2 is 2.07 bits per heavy atom. The molecule has 0 aliphatic carbocycles. The van der Waals surface area contributed by atoms with Crippen LogP contribution in [0.3, 0.4) is 0 Å². The van der Waals surface area contributed by atoms with E-state index in [0.29, 0.717) is 27.0 Å². The van der Waals surface area contributed by atoms with Gasteiger partial charge in [0.05, 0.1) is 22.8 Å². The number of rotatable bonds is 6. The summed E-state index contributed by atoms with van der Waals surface area (Å²) < 4.78 is 5.95. The first-order chi connectivity index (χ1) is 13.5. The zero-order chi connectivity index (χ0) is 20.1. The van der Waals surface area contributed by atoms with Crippen molar-refractivity contribution in [2.45, 2.75) is 20.0 Å². The fourth-order valence-corrected chi connectivity index (χ4v) is 3.18. The number of benzene rings is 2. The Hall–Kier alpha value is -2.83. The lowest BCUT2D eigenvalue weighted by atomic mass is 10.1. The SMILES string of the molecule is CC(CC(=O)Nc1ccc(Cl)c(COc2cccc3cnccc23)c1Cl)=NO. The molecule has 0 saturated carbocycles. The Balaban J connectivity index is 1.81. The summed E-state index contributed by atoms with van der Waals surface area (Å²) in [4.78, 5) is 16.1. The van der Waals surface area contributed by atoms with Gasteiger partial charge in [0, 0.05) is 33.8 Å². The number of nitrogens with one attached hydrogen (secondary N) is 1. The number of halogens is 2. The molecule has 144 valence electrons. The van der Waals surface area contributed by atoms with E-state index in [2.05, 4.69) is 15.5 Å². The molecule has 3 aromatic rings. The van der Waals surface area contributed by atoms with Crippen LogP contribution >= 0.6 is 23.2 Å². The van der Waals surface area contributed by atoms with Gasteiger partial charge in [-0.25, -0.2) is 0 Å². The molecule has 1 aromatic heterocycles. The molecule has 0 fully saturated rings. The summed E-state index contributed by atoms with van der Waals surface area (Å²) in [7, 11) is 0. The van der Waals surface area contributed by atoms with Gasteiger partial charge in [0.15, 0.2) is 0 Å². The number of hydrogen-bond donors (Lipinski definition) is 2. The van der Waals surface area contributed by atoms with Crippen LogP contribution in [0.15, 0.2) is 53.9 Å². The number of pyridine rings is 1. The fourth-order valence-electron chi connectivity index (χ4n) is 2.66. The number of ether oxygens (including phenoxy) is 1. The summed E-state index contributed by atoms with van der Waals surface area (Å²) in [5, 5.41) is 17.0. The monoisotopic (exact) mass is 417 g/mol. The van der Waals surface area contributed by atoms with Crippen LogP contribution < -0.4 is 10.1 Å². The van der Waals surface area contributed by atoms with Gasteiger partial charge in [0.25, 0.3) is 0 Å². The highest BCUT2D eigenvalue weighted by molar-refractivity contribution is 6.38. The third-order valence-corrected chi connectivity index (χ3v) is 4.85. The molecule has 1 amide bonds. The predicted molar refractivity (Wildman–Crippen MR) is 111 cm³/mol. The van der Waals surface area contributed by atoms with Gasteiger partial charge in [-0.1, -0.05) is 40.5 Å². The van der Waals surface area contributed by atoms with E-state index in [1.165, 1.54) is 0 Å². The highest BCUT2D eigenvalue weighted by atomic mass is 35.5. The molecule has 8 heteroatoms. The van der Waals surface area contributed by atoms with Gasteiger partial charge < -0.3 is 15.3 Å². The Labute approximate surface area is 171 Å². The maximum Gasteiger partial charge on any atom is 0.230 e. The second kappa shape index (κ2) is 8.91. The minimum Gasteiger partial charge on any atom is -0.488 e. The van der Waals surface area contributed by atoms with Crippen molar-refractivity contribution in [1.29, 1.82) is 0 Å². The fraction of sp³-hybridized carbons (Fsp3) is 0.150. The van der Waals surface area contributed by atoms with Crippen LogP contribution in [0, 0.1) is 0 Å². The maximum absolute atomic E-state index is 12.0. The zero-order valence-corrected chi connectivity index (χ0v) is 16.5. The van der Waals surface area contributed by atoms with Crippen LogP contribution in [0.4, 0.5) is 5.69 Å². The number of fused-ring (bicyclic) bond motifs is 1. The van der Waals surface area contributed by atoms with Crippen LogP contribution in [0.5, 0.6) is 5.75 Å². The molecule has 0 aliphatic heterocycles. The summed E-state index contributed by atoms with van der Waals surface area (Å²) in [5.41, 5.74) is 1.25. The van der Waals surface area contributed by atoms with Gasteiger partial charge in [0.1, 0.15) is 12.4 Å². The molecular formula is C20H17Cl2N3O3. The van der Waals surface area contributed by atoms with Gasteiger partial charge in [-0.05, 0) is 31.2 Å². The molecule has 28 heavy (non-hydrogen) atoms. The van der Waals surface area contributed by atoms with Crippen molar-refractivity contribution in [1.82, 2.24) is 4.98 Å². The van der Waals surface area contributed by atoms with E-state index in [1.807, 2.05) is 24.3 Å². The number of carbonyl (C=O) groups excluding carboxylic acids is 1. The number of amides is 1. The first-order valence-corrected chi connectivity index (χ1v) is 9.15. The predicted octanol–water partition coefficient (Wildman–Crippen LogP) is 5.30. The van der Waals surface area contributed by atoms with Crippen LogP contribution in [0.2, 0.25) is 10.0 Å². The minimum absolute atomic E-state index is 0.0503. The van der Waals surface area contributed by atoms with E-state index < -0.39 is 0 Å². The van der Waals surface area contributed by atoms with Gasteiger partial charge >= 0.3 is 0 Å². The lowest BCUT2D eigenvalue weighted by molar-refractivity contribution is -0.115. The summed E-state index contributed by atoms with van der Waals surface area (Å²) in [6.45, 7) is 1.67. The third kappa shape index (κ3) is 4.52. The third-order valence-electron chi connectivity index (χ3n) is 4.06. The van der Waals surface area contributed by atoms with Crippen molar-refractivity contribution in [3.63, 3.8) is 0 Å². The standard InChI is InChI=1S/C20H17Cl2N3O3/c1-12(25-27)9-19(26)24-17-6-5-16(21)15(20(17)22)11-28-18-4-2-3-13-10-23-8-7-14(13)18/h2-8,10,27H,9,11H2,1H3,(H,24,26). The molecule has 0 atom stereocenters. The van der Waals surface area contributed by atoms with E-state index in [0.717, 1.165) is 10.8 Å². The molecule has 2 N–H and O–H groups in total. The highest BCUT2D eigenvalue weighted by Crippen LogP contribution is 2.34. The van der Waals surface area contributed by atoms with Crippen molar-refractivity contribution < 1.29 is 14.7 Å². The number of anilines is 1. The number of oxime groups is 1. The zero-order valence-electron chi connectivity index (χ0n) is 14.9. The lowest BCUT2D eigenvalue weighted by Crippen LogP contribution is -2.15. The number of carbonyl (C=O) groups is 1. The van der Waals surface area contributed by atoms with Crippen LogP contribution in [0.25, 0.3) is 10.8 Å². The van der Waals surface area contributed by atoms with E-state index in [-0.39, 0.29) is 24.6 Å². The second-order valence-electron chi connectivity index (χ2n) is 6.09. The lowest BCUT2D eigenvalue weighted by Gasteiger charge is -2.14. The molecule has 0 spiro atoms. The molecule has 3 rings (SSSR count). The summed E-state index contributed by atoms with van der Waals surface area (Å²) >= 11 is 12.7. The first kappa shape index (κ1) is 19.9. The smallest absolute Gasteiger partial charge is 0.230 e. The van der Waals surface area contributed by atoms with E-state index in [1.54, 1.807) is 31.5 Å². The van der Waals surface area contributed by atoms with Crippen LogP contribution in [-0.2, 0) is 11.4 Å². The normalized spacial score (nSPS) is 11.5. The Kier molecular flexibility index (Phi) is 6.34. The summed E-state index contributed by atoms with van der Waals surface area (Å²) in [5.74, 6) is 0.323. The summed E-state index contributed by atoms with van der Waals surface area (Å²) in [6.07, 6.45) is 3.41. The van der Waals surface area contributed by atoms with Crippen LogP contribution in [0.1, 0.15) is 18.9 Å². The van der Waals surface area contributed by atoms with Gasteiger partial charge in [0.2, 0.25) is 5.91 Å². The number of hydrogen-bond acceptors (Lipinski definition) is 5. The molecule has 2 aromatic carbocycles. The second-order valence-corrected chi connectivity index (χ2v) is 6.87. The van der Waals surface area contributed by atoms with Gasteiger partial charge in [-0.15, -0.1) is 0 Å². The van der Waals surface area contributed by atoms with Crippen molar-refractivity contribution >= 4 is 51.3 Å². The molecular weight excluding hydrogens is 401 g/mol. The van der Waals surface area contributed by atoms with E-state index >= 15 is 0 Å². The van der Waals surface area contributed by atoms with E-state index in [4.69, 9.17) is 33.1 Å². The van der Waals surface area contributed by atoms with Gasteiger partial charge in [-0.3, -0.25) is 9.78 Å². The van der Waals surface area contributed by atoms with Gasteiger partial charge in [-0.2, -0.15) is 0 Å². The molecule has 0 bridgehead atoms. The molecule has 0 saturated heterocycles. The van der Waals surface area contributed by atoms with Crippen molar-refractivity contribution in [2.75, 3.05) is 5.32 Å². The van der Waals surface area contributed by atoms with Crippen molar-refractivity contribution in [3.05, 3.63) is 64.4 Å². The van der Waals surface area contributed by atoms with Crippen molar-refractivity contribution in [3.8, 4) is 5.75 Å². The Morgan fingerprint density at radius 1 is 1.25 bits per heavy atom. The number of aromatic nitrogens is 1. The maximum atomic E-state index is 12.0. The first-order valence-electron chi connectivity index (χ1n) is 8.39. The average molecular weight is 418 g/mol. The van der Waals surface area contributed by atoms with Crippen molar-refractivity contribution in [2.24, 2.45) is 5.16 Å². The van der Waals surface area contributed by atoms with E-state index in [9.17, 15) is 4.79 Å². The minimum atomic E-state index is -0.354. The molecule has 6 nitrogen and oxygen atoms in total. The largest absolute Gasteiger partial charge is 0.488 e. The average Bonchev–Trinajstić information content (AvgIpc) is 2.70. The van der Waals surface area contributed by atoms with Crippen LogP contribution in [-0.4, -0.2) is 21.8 Å². The Bertz CT molecular complexity index is 1050. The highest BCUT2D eigenvalue weighted by Gasteiger charge is 2.15. The molecule has 0 radical (unpaired) electrons. The molecule has 0 unspecified atom stereocenters. The molecule has 1 heterocycles.